The highest BCUT2D eigenvalue weighted by Crippen LogP contribution is 2.33. The average Bonchev–Trinajstić information content (AvgIpc) is 3.42. The molecule has 4 aromatic rings. The zero-order valence-corrected chi connectivity index (χ0v) is 16.1. The molecule has 0 radical (unpaired) electrons. The van der Waals surface area contributed by atoms with Crippen molar-refractivity contribution in [3.05, 3.63) is 65.4 Å². The summed E-state index contributed by atoms with van der Waals surface area (Å²) < 4.78 is 5.30. The minimum atomic E-state index is 0.307. The monoisotopic (exact) mass is 373 g/mol. The second-order valence-electron chi connectivity index (χ2n) is 7.53. The molecule has 3 aromatic heterocycles. The van der Waals surface area contributed by atoms with Gasteiger partial charge in [-0.25, -0.2) is 9.97 Å². The van der Waals surface area contributed by atoms with Crippen LogP contribution in [0.3, 0.4) is 0 Å². The maximum absolute atomic E-state index is 5.30. The van der Waals surface area contributed by atoms with Gasteiger partial charge in [0.1, 0.15) is 5.76 Å². The molecule has 0 saturated carbocycles. The van der Waals surface area contributed by atoms with Crippen molar-refractivity contribution < 1.29 is 4.52 Å². The number of hydrogen-bond donors (Lipinski definition) is 1. The van der Waals surface area contributed by atoms with Crippen LogP contribution in [-0.2, 0) is 6.54 Å². The lowest BCUT2D eigenvalue weighted by atomic mass is 10.1. The number of aromatic nitrogens is 4. The summed E-state index contributed by atoms with van der Waals surface area (Å²) >= 11 is 0. The Morgan fingerprint density at radius 2 is 2.14 bits per heavy atom. The molecule has 0 unspecified atom stereocenters. The fourth-order valence-electron chi connectivity index (χ4n) is 4.26. The molecule has 1 saturated heterocycles. The van der Waals surface area contributed by atoms with Crippen LogP contribution in [0.1, 0.15) is 41.6 Å². The standard InChI is InChI=1S/C22H23N5O/c1-14-21(15(2)28-26-14)22-24-10-8-18(25-22)20-4-3-11-27(20)13-16-5-6-17-7-9-23-19(17)12-16/h5-10,12,20,23H,3-4,11,13H2,1-2H3/t20-/m1/s1. The molecule has 1 fully saturated rings. The molecule has 1 aliphatic rings. The van der Waals surface area contributed by atoms with Gasteiger partial charge < -0.3 is 9.51 Å². The summed E-state index contributed by atoms with van der Waals surface area (Å²) in [6.07, 6.45) is 6.14. The van der Waals surface area contributed by atoms with Crippen molar-refractivity contribution in [3.8, 4) is 11.4 Å². The van der Waals surface area contributed by atoms with Gasteiger partial charge in [0.2, 0.25) is 0 Å². The molecule has 0 spiro atoms. The Kier molecular flexibility index (Phi) is 4.20. The zero-order chi connectivity index (χ0) is 19.1. The summed E-state index contributed by atoms with van der Waals surface area (Å²) in [6, 6.07) is 11.1. The van der Waals surface area contributed by atoms with E-state index in [4.69, 9.17) is 9.51 Å². The summed E-state index contributed by atoms with van der Waals surface area (Å²) in [4.78, 5) is 15.2. The van der Waals surface area contributed by atoms with Crippen LogP contribution in [-0.4, -0.2) is 31.6 Å². The SMILES string of the molecule is Cc1noc(C)c1-c1nccc([C@H]2CCCN2Cc2ccc3cc[nH]c3c2)n1. The first-order chi connectivity index (χ1) is 13.7. The van der Waals surface area contributed by atoms with Crippen molar-refractivity contribution in [2.75, 3.05) is 6.54 Å². The van der Waals surface area contributed by atoms with Crippen LogP contribution in [0.25, 0.3) is 22.3 Å². The highest BCUT2D eigenvalue weighted by Gasteiger charge is 2.28. The van der Waals surface area contributed by atoms with Crippen LogP contribution in [0, 0.1) is 13.8 Å². The summed E-state index contributed by atoms with van der Waals surface area (Å²) in [6.45, 7) is 5.84. The molecule has 1 aliphatic heterocycles. The first-order valence-corrected chi connectivity index (χ1v) is 9.75. The van der Waals surface area contributed by atoms with Crippen LogP contribution in [0.2, 0.25) is 0 Å². The smallest absolute Gasteiger partial charge is 0.164 e. The van der Waals surface area contributed by atoms with E-state index in [2.05, 4.69) is 44.3 Å². The third kappa shape index (κ3) is 2.99. The normalized spacial score (nSPS) is 17.6. The molecule has 0 amide bonds. The summed E-state index contributed by atoms with van der Waals surface area (Å²) in [5.74, 6) is 1.46. The average molecular weight is 373 g/mol. The predicted octanol–water partition coefficient (Wildman–Crippen LogP) is 4.57. The van der Waals surface area contributed by atoms with E-state index in [1.165, 1.54) is 22.9 Å². The molecule has 28 heavy (non-hydrogen) atoms. The first kappa shape index (κ1) is 17.1. The lowest BCUT2D eigenvalue weighted by Gasteiger charge is -2.24. The number of fused-ring (bicyclic) bond motifs is 1. The Labute approximate surface area is 163 Å². The van der Waals surface area contributed by atoms with Crippen molar-refractivity contribution in [2.45, 2.75) is 39.3 Å². The number of hydrogen-bond acceptors (Lipinski definition) is 5. The number of benzene rings is 1. The summed E-state index contributed by atoms with van der Waals surface area (Å²) in [5, 5.41) is 5.29. The largest absolute Gasteiger partial charge is 0.361 e. The Bertz CT molecular complexity index is 1110. The maximum Gasteiger partial charge on any atom is 0.164 e. The number of aromatic amines is 1. The van der Waals surface area contributed by atoms with E-state index in [0.717, 1.165) is 42.2 Å². The highest BCUT2D eigenvalue weighted by atomic mass is 16.5. The van der Waals surface area contributed by atoms with Crippen molar-refractivity contribution in [2.24, 2.45) is 0 Å². The van der Waals surface area contributed by atoms with Crippen molar-refractivity contribution in [1.82, 2.24) is 25.0 Å². The van der Waals surface area contributed by atoms with Crippen molar-refractivity contribution >= 4 is 10.9 Å². The molecule has 1 N–H and O–H groups in total. The van der Waals surface area contributed by atoms with Gasteiger partial charge in [-0.1, -0.05) is 17.3 Å². The molecule has 0 bridgehead atoms. The predicted molar refractivity (Wildman–Crippen MR) is 108 cm³/mol. The zero-order valence-electron chi connectivity index (χ0n) is 16.1. The third-order valence-electron chi connectivity index (χ3n) is 5.64. The Morgan fingerprint density at radius 1 is 1.21 bits per heavy atom. The molecule has 1 aromatic carbocycles. The summed E-state index contributed by atoms with van der Waals surface area (Å²) in [7, 11) is 0. The molecular formula is C22H23N5O. The van der Waals surface area contributed by atoms with Gasteiger partial charge in [0.05, 0.1) is 23.0 Å². The van der Waals surface area contributed by atoms with E-state index < -0.39 is 0 Å². The van der Waals surface area contributed by atoms with Crippen LogP contribution in [0.5, 0.6) is 0 Å². The molecule has 5 rings (SSSR count). The van der Waals surface area contributed by atoms with Crippen molar-refractivity contribution in [3.63, 3.8) is 0 Å². The van der Waals surface area contributed by atoms with Gasteiger partial charge in [-0.05, 0) is 62.4 Å². The van der Waals surface area contributed by atoms with Gasteiger partial charge in [-0.2, -0.15) is 0 Å². The Balaban J connectivity index is 1.43. The minimum absolute atomic E-state index is 0.307. The van der Waals surface area contributed by atoms with Gasteiger partial charge in [-0.3, -0.25) is 4.90 Å². The van der Waals surface area contributed by atoms with E-state index in [0.29, 0.717) is 11.9 Å². The quantitative estimate of drug-likeness (QED) is 0.567. The molecular weight excluding hydrogens is 350 g/mol. The topological polar surface area (TPSA) is 70.8 Å². The van der Waals surface area contributed by atoms with E-state index in [1.54, 1.807) is 0 Å². The van der Waals surface area contributed by atoms with Crippen LogP contribution >= 0.6 is 0 Å². The molecule has 0 aliphatic carbocycles. The highest BCUT2D eigenvalue weighted by molar-refractivity contribution is 5.79. The van der Waals surface area contributed by atoms with Gasteiger partial charge in [0, 0.05) is 24.5 Å². The number of aryl methyl sites for hydroxylation is 2. The Morgan fingerprint density at radius 3 is 3.00 bits per heavy atom. The lowest BCUT2D eigenvalue weighted by molar-refractivity contribution is 0.244. The molecule has 4 heterocycles. The Hall–Kier alpha value is -2.99. The number of rotatable bonds is 4. The number of H-pyrrole nitrogens is 1. The molecule has 1 atom stereocenters. The molecule has 6 nitrogen and oxygen atoms in total. The second-order valence-corrected chi connectivity index (χ2v) is 7.53. The van der Waals surface area contributed by atoms with Gasteiger partial charge in [0.25, 0.3) is 0 Å². The number of nitrogens with one attached hydrogen (secondary N) is 1. The van der Waals surface area contributed by atoms with E-state index >= 15 is 0 Å². The maximum atomic E-state index is 5.30. The number of nitrogens with zero attached hydrogens (tertiary/aromatic N) is 4. The molecule has 142 valence electrons. The van der Waals surface area contributed by atoms with E-state index in [-0.39, 0.29) is 0 Å². The fraction of sp³-hybridized carbons (Fsp3) is 0.318. The first-order valence-electron chi connectivity index (χ1n) is 9.75. The van der Waals surface area contributed by atoms with Gasteiger partial charge >= 0.3 is 0 Å². The van der Waals surface area contributed by atoms with E-state index in [9.17, 15) is 0 Å². The molecule has 6 heteroatoms. The van der Waals surface area contributed by atoms with Crippen LogP contribution < -0.4 is 0 Å². The van der Waals surface area contributed by atoms with Crippen molar-refractivity contribution in [1.29, 1.82) is 0 Å². The van der Waals surface area contributed by atoms with Gasteiger partial charge in [-0.15, -0.1) is 0 Å². The number of likely N-dealkylation sites (tertiary alicyclic amines) is 1. The minimum Gasteiger partial charge on any atom is -0.361 e. The third-order valence-corrected chi connectivity index (χ3v) is 5.64. The van der Waals surface area contributed by atoms with E-state index in [1.807, 2.05) is 32.3 Å². The van der Waals surface area contributed by atoms with Crippen LogP contribution in [0.15, 0.2) is 47.2 Å². The summed E-state index contributed by atoms with van der Waals surface area (Å²) in [5.41, 5.74) is 5.32. The van der Waals surface area contributed by atoms with Crippen LogP contribution in [0.4, 0.5) is 0 Å². The second kappa shape index (κ2) is 6.87. The lowest BCUT2D eigenvalue weighted by Crippen LogP contribution is -2.23. The van der Waals surface area contributed by atoms with Gasteiger partial charge in [0.15, 0.2) is 5.82 Å². The fourth-order valence-corrected chi connectivity index (χ4v) is 4.26.